The van der Waals surface area contributed by atoms with E-state index in [1.54, 1.807) is 13.1 Å². The molecular weight excluding hydrogens is 456 g/mol. The van der Waals surface area contributed by atoms with Crippen LogP contribution in [0, 0.1) is 0 Å². The molecule has 2 saturated heterocycles. The van der Waals surface area contributed by atoms with Crippen LogP contribution < -0.4 is 4.74 Å². The van der Waals surface area contributed by atoms with Crippen molar-refractivity contribution in [2.24, 2.45) is 0 Å². The molecule has 1 aromatic carbocycles. The molecule has 2 bridgehead atoms. The number of ether oxygens (including phenoxy) is 1. The van der Waals surface area contributed by atoms with Crippen LogP contribution in [-0.2, 0) is 16.1 Å². The maximum absolute atomic E-state index is 11.9. The Morgan fingerprint density at radius 3 is 2.76 bits per heavy atom. The van der Waals surface area contributed by atoms with Gasteiger partial charge in [0, 0.05) is 61.9 Å². The number of aromatic nitrogens is 2. The van der Waals surface area contributed by atoms with Gasteiger partial charge >= 0.3 is 0 Å². The summed E-state index contributed by atoms with van der Waals surface area (Å²) in [5, 5.41) is 8.55. The summed E-state index contributed by atoms with van der Waals surface area (Å²) in [7, 11) is 0. The van der Waals surface area contributed by atoms with Crippen molar-refractivity contribution in [1.29, 1.82) is 0 Å². The first kappa shape index (κ1) is 22.3. The first-order valence-corrected chi connectivity index (χ1v) is 11.9. The number of carbonyl (C=O) groups excluding carboxylic acids is 1. The Morgan fingerprint density at radius 2 is 2.06 bits per heavy atom. The molecule has 1 N–H and O–H groups in total. The topological polar surface area (TPSA) is 109 Å². The highest BCUT2D eigenvalue weighted by atomic mass is 32.1. The molecule has 176 valence electrons. The average Bonchev–Trinajstić information content (AvgIpc) is 3.48. The molecule has 3 aromatic heterocycles. The van der Waals surface area contributed by atoms with Crippen LogP contribution in [0.25, 0.3) is 21.3 Å². The molecule has 0 spiro atoms. The summed E-state index contributed by atoms with van der Waals surface area (Å²) in [4.78, 5) is 33.5. The van der Waals surface area contributed by atoms with E-state index in [1.807, 2.05) is 30.5 Å². The second-order valence-electron chi connectivity index (χ2n) is 8.44. The molecule has 4 aromatic rings. The van der Waals surface area contributed by atoms with Gasteiger partial charge in [0.2, 0.25) is 5.91 Å². The molecule has 0 radical (unpaired) electrons. The molecule has 9 nitrogen and oxygen atoms in total. The lowest BCUT2D eigenvalue weighted by atomic mass is 10.1. The van der Waals surface area contributed by atoms with E-state index < -0.39 is 0 Å². The molecule has 2 aliphatic rings. The fourth-order valence-corrected chi connectivity index (χ4v) is 5.81. The average molecular weight is 481 g/mol. The van der Waals surface area contributed by atoms with Gasteiger partial charge in [-0.25, -0.2) is 4.98 Å². The van der Waals surface area contributed by atoms with E-state index in [4.69, 9.17) is 19.1 Å². The van der Waals surface area contributed by atoms with Gasteiger partial charge in [0.25, 0.3) is 11.7 Å². The van der Waals surface area contributed by atoms with Gasteiger partial charge in [-0.1, -0.05) is 11.3 Å². The minimum atomic E-state index is -0.250. The number of likely N-dealkylation sites (tertiary alicyclic amines) is 1. The number of amides is 1. The minimum Gasteiger partial charge on any atom is -0.483 e. The Morgan fingerprint density at radius 1 is 1.29 bits per heavy atom. The van der Waals surface area contributed by atoms with Crippen LogP contribution in [0.4, 0.5) is 0 Å². The molecule has 5 heterocycles. The summed E-state index contributed by atoms with van der Waals surface area (Å²) >= 11 is 1.47. The predicted octanol–water partition coefficient (Wildman–Crippen LogP) is 4.13. The quantitative estimate of drug-likeness (QED) is 0.435. The van der Waals surface area contributed by atoms with Gasteiger partial charge in [-0.3, -0.25) is 14.5 Å². The number of benzene rings is 1. The number of rotatable bonds is 4. The zero-order valence-electron chi connectivity index (χ0n) is 18.6. The van der Waals surface area contributed by atoms with Crippen LogP contribution >= 0.6 is 11.3 Å². The fourth-order valence-electron chi connectivity index (χ4n) is 5.02. The second kappa shape index (κ2) is 9.40. The number of furan rings is 1. The van der Waals surface area contributed by atoms with E-state index in [9.17, 15) is 4.79 Å². The van der Waals surface area contributed by atoms with Gasteiger partial charge in [-0.2, -0.15) is 4.98 Å². The zero-order chi connectivity index (χ0) is 23.7. The summed E-state index contributed by atoms with van der Waals surface area (Å²) in [6.45, 7) is 4.12. The molecule has 10 heteroatoms. The SMILES string of the molecule is CC(=O)N1[C@@H]2CC[C@H]1CN(Cc1coc3cc(Oc4nc5ncccc5s4)ccc13)C2.O=CO. The number of fused-ring (bicyclic) bond motifs is 4. The number of hydrogen-bond donors (Lipinski definition) is 1. The van der Waals surface area contributed by atoms with Crippen LogP contribution in [0.1, 0.15) is 25.3 Å². The van der Waals surface area contributed by atoms with E-state index in [1.165, 1.54) is 16.9 Å². The third kappa shape index (κ3) is 4.34. The van der Waals surface area contributed by atoms with Crippen molar-refractivity contribution in [3.63, 3.8) is 0 Å². The van der Waals surface area contributed by atoms with E-state index in [0.29, 0.717) is 28.7 Å². The van der Waals surface area contributed by atoms with Crippen molar-refractivity contribution in [2.45, 2.75) is 38.4 Å². The molecule has 2 fully saturated rings. The van der Waals surface area contributed by atoms with Gasteiger partial charge < -0.3 is 19.2 Å². The number of hydrogen-bond acceptors (Lipinski definition) is 8. The summed E-state index contributed by atoms with van der Waals surface area (Å²) in [5.41, 5.74) is 2.67. The number of piperazine rings is 1. The summed E-state index contributed by atoms with van der Waals surface area (Å²) in [6.07, 6.45) is 5.78. The predicted molar refractivity (Wildman–Crippen MR) is 127 cm³/mol. The van der Waals surface area contributed by atoms with E-state index >= 15 is 0 Å². The third-order valence-electron chi connectivity index (χ3n) is 6.29. The van der Waals surface area contributed by atoms with Crippen molar-refractivity contribution >= 4 is 45.0 Å². The molecular formula is C24H24N4O5S. The Hall–Kier alpha value is -3.50. The van der Waals surface area contributed by atoms with Crippen molar-refractivity contribution in [1.82, 2.24) is 19.8 Å². The maximum Gasteiger partial charge on any atom is 0.290 e. The molecule has 1 amide bonds. The smallest absolute Gasteiger partial charge is 0.290 e. The Balaban J connectivity index is 0.000000764. The van der Waals surface area contributed by atoms with Crippen LogP contribution in [0.3, 0.4) is 0 Å². The maximum atomic E-state index is 11.9. The summed E-state index contributed by atoms with van der Waals surface area (Å²) < 4.78 is 12.8. The molecule has 6 rings (SSSR count). The van der Waals surface area contributed by atoms with E-state index in [-0.39, 0.29) is 12.4 Å². The first-order valence-electron chi connectivity index (χ1n) is 11.0. The van der Waals surface area contributed by atoms with Gasteiger partial charge in [0.1, 0.15) is 11.3 Å². The van der Waals surface area contributed by atoms with Crippen LogP contribution in [0.15, 0.2) is 47.2 Å². The molecule has 2 aliphatic heterocycles. The molecule has 0 aliphatic carbocycles. The monoisotopic (exact) mass is 480 g/mol. The first-order chi connectivity index (χ1) is 16.6. The Labute approximate surface area is 199 Å². The van der Waals surface area contributed by atoms with Crippen LogP contribution in [0.2, 0.25) is 0 Å². The van der Waals surface area contributed by atoms with E-state index in [0.717, 1.165) is 48.1 Å². The Bertz CT molecular complexity index is 1290. The van der Waals surface area contributed by atoms with Crippen LogP contribution in [-0.4, -0.2) is 62.4 Å². The number of pyridine rings is 1. The lowest BCUT2D eigenvalue weighted by Gasteiger charge is -2.40. The molecule has 34 heavy (non-hydrogen) atoms. The minimum absolute atomic E-state index is 0.206. The van der Waals surface area contributed by atoms with Gasteiger partial charge in [-0.05, 0) is 37.1 Å². The van der Waals surface area contributed by atoms with Crippen LogP contribution in [0.5, 0.6) is 10.9 Å². The van der Waals surface area contributed by atoms with Crippen molar-refractivity contribution in [3.05, 3.63) is 48.4 Å². The standard InChI is InChI=1S/C23H22N4O3S.CH2O2/c1-14(28)27-16-4-5-17(27)12-26(11-16)10-15-13-29-20-9-18(6-7-19(15)20)30-23-25-22-21(31-23)3-2-8-24-22;2-1-3/h2-3,6-9,13,16-17H,4-5,10-12H2,1H3;1H,(H,2,3)/t16-,17+;. The molecule has 2 atom stereocenters. The normalized spacial score (nSPS) is 19.7. The third-order valence-corrected chi connectivity index (χ3v) is 7.18. The number of thiazole rings is 1. The largest absolute Gasteiger partial charge is 0.483 e. The molecule has 0 unspecified atom stereocenters. The van der Waals surface area contributed by atoms with E-state index in [2.05, 4.69) is 25.8 Å². The highest BCUT2D eigenvalue weighted by molar-refractivity contribution is 7.20. The lowest BCUT2D eigenvalue weighted by molar-refractivity contribution is -0.134. The zero-order valence-corrected chi connectivity index (χ0v) is 19.4. The van der Waals surface area contributed by atoms with Gasteiger partial charge in [-0.15, -0.1) is 0 Å². The van der Waals surface area contributed by atoms with Gasteiger partial charge in [0.15, 0.2) is 5.65 Å². The number of carbonyl (C=O) groups is 2. The number of nitrogens with zero attached hydrogens (tertiary/aromatic N) is 4. The van der Waals surface area contributed by atoms with Crippen molar-refractivity contribution in [3.8, 4) is 10.9 Å². The highest BCUT2D eigenvalue weighted by Crippen LogP contribution is 2.34. The van der Waals surface area contributed by atoms with Crippen molar-refractivity contribution < 1.29 is 23.8 Å². The molecule has 0 saturated carbocycles. The lowest BCUT2D eigenvalue weighted by Crippen LogP contribution is -2.54. The van der Waals surface area contributed by atoms with Gasteiger partial charge in [0.05, 0.1) is 11.0 Å². The fraction of sp³-hybridized carbons (Fsp3) is 0.333. The summed E-state index contributed by atoms with van der Waals surface area (Å²) in [5.74, 6) is 0.901. The summed E-state index contributed by atoms with van der Waals surface area (Å²) in [6, 6.07) is 10.5. The second-order valence-corrected chi connectivity index (χ2v) is 9.43. The Kier molecular flexibility index (Phi) is 6.16. The van der Waals surface area contributed by atoms with Crippen molar-refractivity contribution in [2.75, 3.05) is 13.1 Å². The number of carboxylic acid groups (broad SMARTS) is 1. The highest BCUT2D eigenvalue weighted by Gasteiger charge is 2.41.